The van der Waals surface area contributed by atoms with Gasteiger partial charge in [0.2, 0.25) is 0 Å². The predicted octanol–water partition coefficient (Wildman–Crippen LogP) is 4.40. The molecule has 0 saturated carbocycles. The van der Waals surface area contributed by atoms with Gasteiger partial charge >= 0.3 is 5.97 Å². The van der Waals surface area contributed by atoms with Crippen LogP contribution in [0.25, 0.3) is 0 Å². The highest BCUT2D eigenvalue weighted by molar-refractivity contribution is 5.74. The maximum atomic E-state index is 11.4. The van der Waals surface area contributed by atoms with Gasteiger partial charge in [0.05, 0.1) is 12.0 Å². The SMILES string of the molecule is CCCCCCCCCCC1(C(=O)O)CCCOC1. The lowest BCUT2D eigenvalue weighted by Gasteiger charge is -2.33. The molecule has 1 atom stereocenters. The molecule has 1 unspecified atom stereocenters. The van der Waals surface area contributed by atoms with Crippen molar-refractivity contribution in [3.8, 4) is 0 Å². The summed E-state index contributed by atoms with van der Waals surface area (Å²) in [4.78, 5) is 11.4. The third-order valence-electron chi connectivity index (χ3n) is 4.28. The molecule has 3 heteroatoms. The molecule has 3 nitrogen and oxygen atoms in total. The topological polar surface area (TPSA) is 46.5 Å². The number of carboxylic acids is 1. The van der Waals surface area contributed by atoms with E-state index in [2.05, 4.69) is 6.92 Å². The molecule has 1 aliphatic heterocycles. The Bertz CT molecular complexity index is 244. The number of ether oxygens (including phenoxy) is 1. The van der Waals surface area contributed by atoms with E-state index in [1.54, 1.807) is 0 Å². The Hall–Kier alpha value is -0.570. The molecule has 0 aromatic carbocycles. The average Bonchev–Trinajstić information content (AvgIpc) is 2.42. The second-order valence-corrected chi connectivity index (χ2v) is 5.97. The first-order valence-corrected chi connectivity index (χ1v) is 8.02. The zero-order valence-electron chi connectivity index (χ0n) is 12.5. The van der Waals surface area contributed by atoms with Crippen LogP contribution in [0.15, 0.2) is 0 Å². The van der Waals surface area contributed by atoms with Gasteiger partial charge in [0, 0.05) is 6.61 Å². The summed E-state index contributed by atoms with van der Waals surface area (Å²) >= 11 is 0. The van der Waals surface area contributed by atoms with Gasteiger partial charge in [-0.3, -0.25) is 4.79 Å². The molecule has 0 spiro atoms. The third kappa shape index (κ3) is 5.94. The zero-order valence-corrected chi connectivity index (χ0v) is 12.5. The molecular formula is C16H30O3. The van der Waals surface area contributed by atoms with Crippen LogP contribution < -0.4 is 0 Å². The first-order valence-electron chi connectivity index (χ1n) is 8.02. The summed E-state index contributed by atoms with van der Waals surface area (Å²) in [6, 6.07) is 0. The Morgan fingerprint density at radius 3 is 2.26 bits per heavy atom. The standard InChI is InChI=1S/C16H30O3/c1-2-3-4-5-6-7-8-9-11-16(15(17)18)12-10-13-19-14-16/h2-14H2,1H3,(H,17,18). The molecule has 0 radical (unpaired) electrons. The number of hydrogen-bond acceptors (Lipinski definition) is 2. The highest BCUT2D eigenvalue weighted by atomic mass is 16.5. The first kappa shape index (κ1) is 16.5. The van der Waals surface area contributed by atoms with Crippen LogP contribution in [0.5, 0.6) is 0 Å². The molecule has 112 valence electrons. The van der Waals surface area contributed by atoms with Crippen LogP contribution in [-0.4, -0.2) is 24.3 Å². The van der Waals surface area contributed by atoms with Crippen molar-refractivity contribution in [2.75, 3.05) is 13.2 Å². The Balaban J connectivity index is 2.10. The van der Waals surface area contributed by atoms with Gasteiger partial charge in [-0.15, -0.1) is 0 Å². The molecule has 1 heterocycles. The van der Waals surface area contributed by atoms with Crippen molar-refractivity contribution in [2.24, 2.45) is 5.41 Å². The van der Waals surface area contributed by atoms with Crippen LogP contribution in [0, 0.1) is 5.41 Å². The van der Waals surface area contributed by atoms with Crippen molar-refractivity contribution in [1.29, 1.82) is 0 Å². The van der Waals surface area contributed by atoms with E-state index in [4.69, 9.17) is 4.74 Å². The van der Waals surface area contributed by atoms with Gasteiger partial charge in [-0.25, -0.2) is 0 Å². The number of carboxylic acid groups (broad SMARTS) is 1. The summed E-state index contributed by atoms with van der Waals surface area (Å²) in [5.41, 5.74) is -0.583. The van der Waals surface area contributed by atoms with Crippen molar-refractivity contribution in [3.05, 3.63) is 0 Å². The fourth-order valence-electron chi connectivity index (χ4n) is 2.92. The fraction of sp³-hybridized carbons (Fsp3) is 0.938. The van der Waals surface area contributed by atoms with E-state index in [1.165, 1.54) is 44.9 Å². The smallest absolute Gasteiger partial charge is 0.311 e. The first-order chi connectivity index (χ1) is 9.21. The van der Waals surface area contributed by atoms with Crippen LogP contribution in [0.2, 0.25) is 0 Å². The molecule has 0 bridgehead atoms. The molecule has 1 aliphatic rings. The zero-order chi connectivity index (χ0) is 14.0. The van der Waals surface area contributed by atoms with E-state index in [9.17, 15) is 9.90 Å². The number of aliphatic carboxylic acids is 1. The molecule has 0 aliphatic carbocycles. The lowest BCUT2D eigenvalue weighted by atomic mass is 9.78. The van der Waals surface area contributed by atoms with Gasteiger partial charge < -0.3 is 9.84 Å². The van der Waals surface area contributed by atoms with Gasteiger partial charge in [0.25, 0.3) is 0 Å². The van der Waals surface area contributed by atoms with E-state index in [0.29, 0.717) is 6.61 Å². The van der Waals surface area contributed by atoms with E-state index < -0.39 is 11.4 Å². The summed E-state index contributed by atoms with van der Waals surface area (Å²) in [6.45, 7) is 3.38. The minimum atomic E-state index is -0.657. The molecule has 1 rings (SSSR count). The van der Waals surface area contributed by atoms with Crippen molar-refractivity contribution >= 4 is 5.97 Å². The average molecular weight is 270 g/mol. The maximum absolute atomic E-state index is 11.4. The van der Waals surface area contributed by atoms with Crippen LogP contribution in [0.4, 0.5) is 0 Å². The summed E-state index contributed by atoms with van der Waals surface area (Å²) in [5, 5.41) is 9.41. The highest BCUT2D eigenvalue weighted by Gasteiger charge is 2.39. The van der Waals surface area contributed by atoms with Crippen LogP contribution in [0.3, 0.4) is 0 Å². The normalized spacial score (nSPS) is 23.4. The highest BCUT2D eigenvalue weighted by Crippen LogP contribution is 2.34. The van der Waals surface area contributed by atoms with Gasteiger partial charge in [-0.05, 0) is 19.3 Å². The maximum Gasteiger partial charge on any atom is 0.311 e. The van der Waals surface area contributed by atoms with Gasteiger partial charge in [-0.2, -0.15) is 0 Å². The second kappa shape index (κ2) is 9.35. The van der Waals surface area contributed by atoms with Crippen molar-refractivity contribution in [1.82, 2.24) is 0 Å². The predicted molar refractivity (Wildman–Crippen MR) is 77.3 cm³/mol. The number of unbranched alkanes of at least 4 members (excludes halogenated alkanes) is 7. The van der Waals surface area contributed by atoms with Crippen molar-refractivity contribution < 1.29 is 14.6 Å². The number of hydrogen-bond donors (Lipinski definition) is 1. The molecule has 19 heavy (non-hydrogen) atoms. The van der Waals surface area contributed by atoms with E-state index in [-0.39, 0.29) is 0 Å². The molecule has 0 aromatic rings. The lowest BCUT2D eigenvalue weighted by molar-refractivity contribution is -0.158. The Kier molecular flexibility index (Phi) is 8.11. The largest absolute Gasteiger partial charge is 0.481 e. The van der Waals surface area contributed by atoms with E-state index in [0.717, 1.165) is 32.3 Å². The minimum Gasteiger partial charge on any atom is -0.481 e. The van der Waals surface area contributed by atoms with Crippen LogP contribution in [-0.2, 0) is 9.53 Å². The number of rotatable bonds is 10. The Labute approximate surface area is 117 Å². The Morgan fingerprint density at radius 2 is 1.74 bits per heavy atom. The number of carbonyl (C=O) groups is 1. The Morgan fingerprint density at radius 1 is 1.11 bits per heavy atom. The van der Waals surface area contributed by atoms with Crippen molar-refractivity contribution in [2.45, 2.75) is 77.6 Å². The van der Waals surface area contributed by atoms with Crippen LogP contribution in [0.1, 0.15) is 77.6 Å². The molecule has 0 aromatic heterocycles. The molecule has 1 N–H and O–H groups in total. The van der Waals surface area contributed by atoms with Gasteiger partial charge in [-0.1, -0.05) is 58.3 Å². The van der Waals surface area contributed by atoms with Gasteiger partial charge in [0.1, 0.15) is 0 Å². The lowest BCUT2D eigenvalue weighted by Crippen LogP contribution is -2.39. The monoisotopic (exact) mass is 270 g/mol. The summed E-state index contributed by atoms with van der Waals surface area (Å²) in [5.74, 6) is -0.657. The fourth-order valence-corrected chi connectivity index (χ4v) is 2.92. The van der Waals surface area contributed by atoms with E-state index in [1.807, 2.05) is 0 Å². The molecular weight excluding hydrogens is 240 g/mol. The van der Waals surface area contributed by atoms with E-state index >= 15 is 0 Å². The molecule has 1 fully saturated rings. The summed E-state index contributed by atoms with van der Waals surface area (Å²) in [7, 11) is 0. The molecule has 0 amide bonds. The second-order valence-electron chi connectivity index (χ2n) is 5.97. The molecule has 1 saturated heterocycles. The third-order valence-corrected chi connectivity index (χ3v) is 4.28. The van der Waals surface area contributed by atoms with Crippen molar-refractivity contribution in [3.63, 3.8) is 0 Å². The van der Waals surface area contributed by atoms with Crippen LogP contribution >= 0.6 is 0 Å². The van der Waals surface area contributed by atoms with Gasteiger partial charge in [0.15, 0.2) is 0 Å². The summed E-state index contributed by atoms with van der Waals surface area (Å²) < 4.78 is 5.39. The summed E-state index contributed by atoms with van der Waals surface area (Å²) in [6.07, 6.45) is 12.5. The minimum absolute atomic E-state index is 0.416. The quantitative estimate of drug-likeness (QED) is 0.598.